The van der Waals surface area contributed by atoms with E-state index in [-0.39, 0.29) is 17.5 Å². The third-order valence-electron chi connectivity index (χ3n) is 4.38. The summed E-state index contributed by atoms with van der Waals surface area (Å²) in [6.45, 7) is 0.943. The molecule has 1 amide bonds. The molecule has 4 rings (SSSR count). The number of hydrogen-bond acceptors (Lipinski definition) is 4. The topological polar surface area (TPSA) is 42.4 Å². The number of anilines is 1. The first-order valence-electron chi connectivity index (χ1n) is 8.46. The molecule has 4 nitrogen and oxygen atoms in total. The van der Waals surface area contributed by atoms with Crippen molar-refractivity contribution in [3.8, 4) is 0 Å². The number of carbonyl (C=O) groups excluding carboxylic acids is 1. The Balaban J connectivity index is 1.74. The summed E-state index contributed by atoms with van der Waals surface area (Å²) in [6.07, 6.45) is 1.64. The van der Waals surface area contributed by atoms with Crippen molar-refractivity contribution < 1.29 is 18.3 Å². The number of benzene rings is 2. The molecular weight excluding hydrogens is 394 g/mol. The Morgan fingerprint density at radius 2 is 2.07 bits per heavy atom. The first-order valence-corrected chi connectivity index (χ1v) is 9.65. The van der Waals surface area contributed by atoms with Crippen molar-refractivity contribution in [2.75, 3.05) is 18.1 Å². The Kier molecular flexibility index (Phi) is 5.08. The normalized spacial score (nSPS) is 16.8. The smallest absolute Gasteiger partial charge is 0.260 e. The molecule has 0 aliphatic carbocycles. The zero-order chi connectivity index (χ0) is 19.0. The zero-order valence-electron chi connectivity index (χ0n) is 14.1. The van der Waals surface area contributed by atoms with E-state index in [2.05, 4.69) is 4.98 Å². The third-order valence-corrected chi connectivity index (χ3v) is 5.66. The molecule has 0 radical (unpaired) electrons. The molecular formula is C19H15ClF2N2O2S. The number of thiazole rings is 1. The fourth-order valence-corrected chi connectivity index (χ4v) is 4.19. The molecule has 8 heteroatoms. The second-order valence-corrected chi connectivity index (χ2v) is 7.73. The van der Waals surface area contributed by atoms with E-state index in [0.29, 0.717) is 33.6 Å². The monoisotopic (exact) mass is 408 g/mol. The van der Waals surface area contributed by atoms with Crippen LogP contribution in [0.25, 0.3) is 10.2 Å². The van der Waals surface area contributed by atoms with E-state index in [4.69, 9.17) is 16.3 Å². The molecule has 1 unspecified atom stereocenters. The molecule has 1 aliphatic heterocycles. The van der Waals surface area contributed by atoms with Gasteiger partial charge in [0.25, 0.3) is 5.91 Å². The lowest BCUT2D eigenvalue weighted by molar-refractivity contribution is 0.0917. The third kappa shape index (κ3) is 3.81. The maximum absolute atomic E-state index is 14.1. The lowest BCUT2D eigenvalue weighted by Crippen LogP contribution is -2.37. The second-order valence-electron chi connectivity index (χ2n) is 6.29. The summed E-state index contributed by atoms with van der Waals surface area (Å²) in [6, 6.07) is 8.52. The van der Waals surface area contributed by atoms with Crippen LogP contribution in [0, 0.1) is 11.6 Å². The quantitative estimate of drug-likeness (QED) is 0.606. The van der Waals surface area contributed by atoms with E-state index in [0.717, 1.165) is 30.2 Å². The Labute approximate surface area is 163 Å². The highest BCUT2D eigenvalue weighted by Gasteiger charge is 2.27. The molecule has 0 saturated carbocycles. The van der Waals surface area contributed by atoms with Gasteiger partial charge in [0.1, 0.15) is 11.3 Å². The standard InChI is InChI=1S/C19H15ClF2N2O2S/c20-12-5-3-11(4-6-12)18(25)24(10-14-2-1-7-26-14)19-23-17-15(22)8-13(21)9-16(17)27-19/h3-6,8-9,14H,1-2,7,10H2. The number of ether oxygens (including phenoxy) is 1. The van der Waals surface area contributed by atoms with Gasteiger partial charge in [-0.2, -0.15) is 0 Å². The van der Waals surface area contributed by atoms with Crippen LogP contribution in [-0.4, -0.2) is 30.1 Å². The summed E-state index contributed by atoms with van der Waals surface area (Å²) in [4.78, 5) is 18.8. The first-order chi connectivity index (χ1) is 13.0. The van der Waals surface area contributed by atoms with Gasteiger partial charge < -0.3 is 4.74 Å². The molecule has 0 bridgehead atoms. The van der Waals surface area contributed by atoms with Crippen LogP contribution in [0.1, 0.15) is 23.2 Å². The molecule has 1 aliphatic rings. The fraction of sp³-hybridized carbons (Fsp3) is 0.263. The lowest BCUT2D eigenvalue weighted by Gasteiger charge is -2.23. The van der Waals surface area contributed by atoms with E-state index in [1.54, 1.807) is 24.3 Å². The number of rotatable bonds is 4. The Morgan fingerprint density at radius 1 is 1.30 bits per heavy atom. The van der Waals surface area contributed by atoms with Gasteiger partial charge in [0.05, 0.1) is 17.3 Å². The van der Waals surface area contributed by atoms with Crippen molar-refractivity contribution >= 4 is 44.2 Å². The average Bonchev–Trinajstić information content (AvgIpc) is 3.29. The van der Waals surface area contributed by atoms with Gasteiger partial charge in [-0.3, -0.25) is 9.69 Å². The minimum atomic E-state index is -0.747. The molecule has 2 aromatic carbocycles. The fourth-order valence-electron chi connectivity index (χ4n) is 3.05. The molecule has 1 fully saturated rings. The zero-order valence-corrected chi connectivity index (χ0v) is 15.7. The van der Waals surface area contributed by atoms with Gasteiger partial charge in [0.15, 0.2) is 10.9 Å². The van der Waals surface area contributed by atoms with Crippen LogP contribution >= 0.6 is 22.9 Å². The van der Waals surface area contributed by atoms with Crippen LogP contribution in [0.3, 0.4) is 0 Å². The van der Waals surface area contributed by atoms with Gasteiger partial charge in [0, 0.05) is 23.3 Å². The number of hydrogen-bond donors (Lipinski definition) is 0. The van der Waals surface area contributed by atoms with Crippen LogP contribution in [0.5, 0.6) is 0 Å². The molecule has 0 spiro atoms. The van der Waals surface area contributed by atoms with Gasteiger partial charge in [-0.1, -0.05) is 22.9 Å². The highest BCUT2D eigenvalue weighted by Crippen LogP contribution is 2.33. The number of aromatic nitrogens is 1. The van der Waals surface area contributed by atoms with Crippen molar-refractivity contribution in [3.63, 3.8) is 0 Å². The van der Waals surface area contributed by atoms with E-state index in [9.17, 15) is 13.6 Å². The van der Waals surface area contributed by atoms with Gasteiger partial charge >= 0.3 is 0 Å². The van der Waals surface area contributed by atoms with Crippen LogP contribution in [-0.2, 0) is 4.74 Å². The van der Waals surface area contributed by atoms with E-state index < -0.39 is 11.6 Å². The average molecular weight is 409 g/mol. The number of carbonyl (C=O) groups is 1. The Morgan fingerprint density at radius 3 is 2.78 bits per heavy atom. The van der Waals surface area contributed by atoms with Crippen LogP contribution in [0.15, 0.2) is 36.4 Å². The first kappa shape index (κ1) is 18.3. The van der Waals surface area contributed by atoms with E-state index >= 15 is 0 Å². The molecule has 1 aromatic heterocycles. The lowest BCUT2D eigenvalue weighted by atomic mass is 10.2. The second kappa shape index (κ2) is 7.50. The predicted molar refractivity (Wildman–Crippen MR) is 102 cm³/mol. The summed E-state index contributed by atoms with van der Waals surface area (Å²) in [7, 11) is 0. The molecule has 0 N–H and O–H groups in total. The molecule has 140 valence electrons. The maximum Gasteiger partial charge on any atom is 0.260 e. The van der Waals surface area contributed by atoms with Crippen LogP contribution in [0.2, 0.25) is 5.02 Å². The Hall–Kier alpha value is -2.09. The van der Waals surface area contributed by atoms with Crippen LogP contribution in [0.4, 0.5) is 13.9 Å². The van der Waals surface area contributed by atoms with Gasteiger partial charge in [0.2, 0.25) is 0 Å². The van der Waals surface area contributed by atoms with Crippen molar-refractivity contribution in [1.82, 2.24) is 4.98 Å². The maximum atomic E-state index is 14.1. The summed E-state index contributed by atoms with van der Waals surface area (Å²) in [5, 5.41) is 0.833. The SMILES string of the molecule is O=C(c1ccc(Cl)cc1)N(CC1CCCO1)c1nc2c(F)cc(F)cc2s1. The molecule has 2 heterocycles. The van der Waals surface area contributed by atoms with Crippen molar-refractivity contribution in [3.05, 3.63) is 58.6 Å². The summed E-state index contributed by atoms with van der Waals surface area (Å²) < 4.78 is 33.6. The minimum absolute atomic E-state index is 0.0534. The van der Waals surface area contributed by atoms with E-state index in [1.165, 1.54) is 11.0 Å². The summed E-state index contributed by atoms with van der Waals surface area (Å²) in [5.41, 5.74) is 0.487. The molecule has 1 saturated heterocycles. The number of halogens is 3. The number of fused-ring (bicyclic) bond motifs is 1. The molecule has 27 heavy (non-hydrogen) atoms. The molecule has 1 atom stereocenters. The van der Waals surface area contributed by atoms with Crippen LogP contribution < -0.4 is 4.90 Å². The number of nitrogens with zero attached hydrogens (tertiary/aromatic N) is 2. The van der Waals surface area contributed by atoms with Gasteiger partial charge in [-0.15, -0.1) is 0 Å². The highest BCUT2D eigenvalue weighted by atomic mass is 35.5. The van der Waals surface area contributed by atoms with E-state index in [1.807, 2.05) is 0 Å². The van der Waals surface area contributed by atoms with Gasteiger partial charge in [-0.05, 0) is 43.2 Å². The largest absolute Gasteiger partial charge is 0.376 e. The molecule has 3 aromatic rings. The number of amides is 1. The Bertz CT molecular complexity index is 987. The summed E-state index contributed by atoms with van der Waals surface area (Å²) >= 11 is 6.98. The van der Waals surface area contributed by atoms with Gasteiger partial charge in [-0.25, -0.2) is 13.8 Å². The van der Waals surface area contributed by atoms with Crippen molar-refractivity contribution in [2.45, 2.75) is 18.9 Å². The highest BCUT2D eigenvalue weighted by molar-refractivity contribution is 7.22. The minimum Gasteiger partial charge on any atom is -0.376 e. The predicted octanol–water partition coefficient (Wildman–Crippen LogP) is 5.05. The van der Waals surface area contributed by atoms with Crippen molar-refractivity contribution in [1.29, 1.82) is 0 Å². The summed E-state index contributed by atoms with van der Waals surface area (Å²) in [5.74, 6) is -1.71. The van der Waals surface area contributed by atoms with Crippen molar-refractivity contribution in [2.24, 2.45) is 0 Å².